The minimum atomic E-state index is -1.10. The van der Waals surface area contributed by atoms with Gasteiger partial charge in [0.2, 0.25) is 0 Å². The number of nitrogens with zero attached hydrogens (tertiary/aromatic N) is 5. The number of benzene rings is 2. The van der Waals surface area contributed by atoms with Gasteiger partial charge in [0.15, 0.2) is 22.9 Å². The molecule has 2 aromatic heterocycles. The van der Waals surface area contributed by atoms with Crippen LogP contribution in [-0.2, 0) is 6.54 Å². The largest absolute Gasteiger partial charge is 0.505 e. The van der Waals surface area contributed by atoms with Crippen LogP contribution in [0.2, 0.25) is 0 Å². The fourth-order valence-corrected chi connectivity index (χ4v) is 5.87. The molecule has 0 spiro atoms. The summed E-state index contributed by atoms with van der Waals surface area (Å²) in [7, 11) is 0. The number of hydrogen-bond acceptors (Lipinski definition) is 7. The van der Waals surface area contributed by atoms with Crippen LogP contribution < -0.4 is 10.2 Å². The van der Waals surface area contributed by atoms with Crippen LogP contribution in [0, 0.1) is 11.6 Å². The number of fused-ring (bicyclic) bond motifs is 1. The molecule has 2 aromatic carbocycles. The van der Waals surface area contributed by atoms with E-state index in [1.165, 1.54) is 46.7 Å². The number of phenolic OH excluding ortho intramolecular Hbond substituents is 1. The maximum absolute atomic E-state index is 14.7. The van der Waals surface area contributed by atoms with Gasteiger partial charge in [-0.1, -0.05) is 6.07 Å². The molecule has 40 heavy (non-hydrogen) atoms. The number of anilines is 1. The van der Waals surface area contributed by atoms with Crippen molar-refractivity contribution in [3.05, 3.63) is 83.2 Å². The lowest BCUT2D eigenvalue weighted by molar-refractivity contribution is 0.0788. The van der Waals surface area contributed by atoms with E-state index in [9.17, 15) is 23.1 Å². The summed E-state index contributed by atoms with van der Waals surface area (Å²) >= 11 is 1.42. The number of halogens is 3. The number of alkyl halides is 1. The second kappa shape index (κ2) is 10.7. The molecule has 0 aliphatic carbocycles. The molecular weight excluding hydrogens is 541 g/mol. The molecule has 12 heteroatoms. The molecule has 2 fully saturated rings. The summed E-state index contributed by atoms with van der Waals surface area (Å²) in [6.07, 6.45) is 2.43. The fourth-order valence-electron chi connectivity index (χ4n) is 5.38. The van der Waals surface area contributed by atoms with Gasteiger partial charge in [-0.3, -0.25) is 9.69 Å². The van der Waals surface area contributed by atoms with Gasteiger partial charge in [0.05, 0.1) is 24.8 Å². The number of hydrogen-bond donors (Lipinski definition) is 2. The van der Waals surface area contributed by atoms with Crippen molar-refractivity contribution in [1.29, 1.82) is 0 Å². The number of imidazole rings is 1. The minimum absolute atomic E-state index is 0.0934. The number of carbonyl (C=O) groups is 1. The summed E-state index contributed by atoms with van der Waals surface area (Å²) in [5.74, 6) is -1.28. The van der Waals surface area contributed by atoms with Gasteiger partial charge in [0, 0.05) is 31.0 Å². The van der Waals surface area contributed by atoms with Crippen molar-refractivity contribution in [2.75, 3.05) is 30.8 Å². The monoisotopic (exact) mass is 568 g/mol. The minimum Gasteiger partial charge on any atom is -0.505 e. The molecule has 208 valence electrons. The molecule has 2 saturated heterocycles. The summed E-state index contributed by atoms with van der Waals surface area (Å²) in [6, 6.07) is 12.0. The van der Waals surface area contributed by atoms with Crippen molar-refractivity contribution in [1.82, 2.24) is 24.8 Å². The van der Waals surface area contributed by atoms with Crippen LogP contribution >= 0.6 is 11.8 Å². The molecule has 0 radical (unpaired) electrons. The number of aromatic hydroxyl groups is 1. The Balaban J connectivity index is 1.16. The third-order valence-electron chi connectivity index (χ3n) is 7.35. The average Bonchev–Trinajstić information content (AvgIpc) is 3.52. The van der Waals surface area contributed by atoms with Crippen LogP contribution in [0.15, 0.2) is 59.6 Å². The summed E-state index contributed by atoms with van der Waals surface area (Å²) < 4.78 is 43.7. The molecule has 2 aliphatic rings. The maximum atomic E-state index is 14.7. The lowest BCUT2D eigenvalue weighted by Crippen LogP contribution is -2.58. The first-order valence-electron chi connectivity index (χ1n) is 12.9. The zero-order valence-electron chi connectivity index (χ0n) is 21.6. The van der Waals surface area contributed by atoms with Crippen molar-refractivity contribution < 1.29 is 23.1 Å². The zero-order valence-corrected chi connectivity index (χ0v) is 22.4. The summed E-state index contributed by atoms with van der Waals surface area (Å²) in [6.45, 7) is 1.82. The molecule has 6 rings (SSSR count). The molecule has 1 amide bonds. The Kier molecular flexibility index (Phi) is 7.05. The van der Waals surface area contributed by atoms with Crippen LogP contribution in [0.25, 0.3) is 5.65 Å². The third kappa shape index (κ3) is 5.20. The molecule has 2 atom stereocenters. The normalized spacial score (nSPS) is 19.8. The number of phenols is 1. The maximum Gasteiger partial charge on any atom is 0.271 e. The quantitative estimate of drug-likeness (QED) is 0.321. The highest BCUT2D eigenvalue weighted by Gasteiger charge is 2.35. The number of amides is 1. The van der Waals surface area contributed by atoms with Crippen molar-refractivity contribution in [3.8, 4) is 5.75 Å². The Morgan fingerprint density at radius 3 is 2.73 bits per heavy atom. The molecule has 8 nitrogen and oxygen atoms in total. The first-order valence-corrected chi connectivity index (χ1v) is 14.1. The fraction of sp³-hybridized carbons (Fsp3) is 0.321. The van der Waals surface area contributed by atoms with Crippen molar-refractivity contribution in [2.24, 2.45) is 0 Å². The summed E-state index contributed by atoms with van der Waals surface area (Å²) in [5, 5.41) is 17.2. The van der Waals surface area contributed by atoms with E-state index in [1.807, 2.05) is 17.2 Å². The first kappa shape index (κ1) is 26.5. The molecular formula is C28H27F3N6O2S. The van der Waals surface area contributed by atoms with E-state index in [4.69, 9.17) is 0 Å². The Bertz CT molecular complexity index is 1580. The zero-order chi connectivity index (χ0) is 28.0. The van der Waals surface area contributed by atoms with E-state index >= 15 is 0 Å². The average molecular weight is 569 g/mol. The highest BCUT2D eigenvalue weighted by atomic mass is 32.2. The number of aromatic nitrogens is 3. The number of thioether (sulfide) groups is 1. The van der Waals surface area contributed by atoms with Crippen LogP contribution in [-0.4, -0.2) is 68.6 Å². The standard InChI is InChI=1S/C28H27F3N6O2S/c1-40-21-8-17(7-18(29)9-21)23-10-19(30)13-36(23)27-5-4-26-32-11-24(37(26)34-27)28(39)33-20-14-35(15-20)12-16-2-3-22(31)25(38)6-16/h2-9,11,19-20,23,38H,10,12-15H2,1H3,(H,33,39). The van der Waals surface area contributed by atoms with Gasteiger partial charge in [-0.25, -0.2) is 22.7 Å². The van der Waals surface area contributed by atoms with Gasteiger partial charge in [0.25, 0.3) is 5.91 Å². The molecule has 2 aliphatic heterocycles. The van der Waals surface area contributed by atoms with Crippen LogP contribution in [0.1, 0.15) is 34.1 Å². The predicted molar refractivity (Wildman–Crippen MR) is 145 cm³/mol. The molecule has 2 N–H and O–H groups in total. The first-order chi connectivity index (χ1) is 19.3. The second-order valence-corrected chi connectivity index (χ2v) is 11.1. The van der Waals surface area contributed by atoms with Gasteiger partial charge in [-0.15, -0.1) is 16.9 Å². The predicted octanol–water partition coefficient (Wildman–Crippen LogP) is 4.34. The Hall–Kier alpha value is -3.77. The van der Waals surface area contributed by atoms with E-state index in [0.29, 0.717) is 36.7 Å². The molecule has 0 saturated carbocycles. The summed E-state index contributed by atoms with van der Waals surface area (Å²) in [5.41, 5.74) is 2.19. The molecule has 0 bridgehead atoms. The van der Waals surface area contributed by atoms with Crippen molar-refractivity contribution >= 4 is 29.1 Å². The molecule has 4 aromatic rings. The Labute approximate surface area is 232 Å². The topological polar surface area (TPSA) is 86.0 Å². The lowest BCUT2D eigenvalue weighted by Gasteiger charge is -2.39. The second-order valence-electron chi connectivity index (χ2n) is 10.2. The smallest absolute Gasteiger partial charge is 0.271 e. The van der Waals surface area contributed by atoms with Crippen LogP contribution in [0.4, 0.5) is 19.0 Å². The van der Waals surface area contributed by atoms with Crippen molar-refractivity contribution in [3.63, 3.8) is 0 Å². The SMILES string of the molecule is CSc1cc(F)cc(C2CC(F)CN2c2ccc3ncc(C(=O)NC4CN(Cc5ccc(F)c(O)c5)C4)n3n2)c1. The highest BCUT2D eigenvalue weighted by molar-refractivity contribution is 7.98. The molecule has 2 unspecified atom stereocenters. The van der Waals surface area contributed by atoms with Gasteiger partial charge in [-0.2, -0.15) is 0 Å². The Morgan fingerprint density at radius 2 is 1.95 bits per heavy atom. The number of carbonyl (C=O) groups excluding carboxylic acids is 1. The number of rotatable bonds is 7. The van der Waals surface area contributed by atoms with E-state index in [2.05, 4.69) is 20.3 Å². The van der Waals surface area contributed by atoms with E-state index in [-0.39, 0.29) is 42.2 Å². The number of nitrogens with one attached hydrogen (secondary N) is 1. The van der Waals surface area contributed by atoms with Crippen molar-refractivity contribution in [2.45, 2.75) is 36.1 Å². The van der Waals surface area contributed by atoms with Crippen LogP contribution in [0.5, 0.6) is 5.75 Å². The van der Waals surface area contributed by atoms with E-state index < -0.39 is 18.0 Å². The van der Waals surface area contributed by atoms with E-state index in [0.717, 1.165) is 10.5 Å². The van der Waals surface area contributed by atoms with Gasteiger partial charge in [0.1, 0.15) is 17.8 Å². The van der Waals surface area contributed by atoms with Gasteiger partial charge >= 0.3 is 0 Å². The van der Waals surface area contributed by atoms with Gasteiger partial charge in [-0.05, 0) is 59.8 Å². The number of likely N-dealkylation sites (tertiary alicyclic amines) is 1. The van der Waals surface area contributed by atoms with Crippen LogP contribution in [0.3, 0.4) is 0 Å². The lowest BCUT2D eigenvalue weighted by atomic mass is 10.0. The highest BCUT2D eigenvalue weighted by Crippen LogP contribution is 2.38. The molecule has 4 heterocycles. The third-order valence-corrected chi connectivity index (χ3v) is 8.06. The van der Waals surface area contributed by atoms with Gasteiger partial charge < -0.3 is 15.3 Å². The van der Waals surface area contributed by atoms with E-state index in [1.54, 1.807) is 18.2 Å². The summed E-state index contributed by atoms with van der Waals surface area (Å²) in [4.78, 5) is 22.1. The Morgan fingerprint density at radius 1 is 1.12 bits per heavy atom.